The van der Waals surface area contributed by atoms with Gasteiger partial charge in [-0.2, -0.15) is 8.78 Å². The van der Waals surface area contributed by atoms with Gasteiger partial charge in [-0.05, 0) is 36.4 Å². The highest BCUT2D eigenvalue weighted by molar-refractivity contribution is 6.32. The number of alkyl halides is 2. The van der Waals surface area contributed by atoms with Crippen LogP contribution in [0.25, 0.3) is 0 Å². The van der Waals surface area contributed by atoms with E-state index in [9.17, 15) is 18.7 Å². The SMILES string of the molecule is O=C(CN(Cc1ccco1)Cc1ccccc1O)Nc1ccc(OC(F)F)c(Cl)c1. The number of carbonyl (C=O) groups excluding carboxylic acids is 1. The summed E-state index contributed by atoms with van der Waals surface area (Å²) in [5.41, 5.74) is 1.00. The summed E-state index contributed by atoms with van der Waals surface area (Å²) < 4.78 is 34.3. The molecule has 0 aliphatic carbocycles. The van der Waals surface area contributed by atoms with Crippen LogP contribution in [0.15, 0.2) is 65.3 Å². The monoisotopic (exact) mass is 436 g/mol. The number of nitrogens with one attached hydrogen (secondary N) is 1. The van der Waals surface area contributed by atoms with E-state index < -0.39 is 6.61 Å². The molecule has 0 fully saturated rings. The molecular weight excluding hydrogens is 418 g/mol. The van der Waals surface area contributed by atoms with E-state index in [1.54, 1.807) is 47.6 Å². The molecule has 1 amide bonds. The summed E-state index contributed by atoms with van der Waals surface area (Å²) >= 11 is 5.92. The van der Waals surface area contributed by atoms with Crippen LogP contribution in [0, 0.1) is 0 Å². The molecule has 1 heterocycles. The molecule has 158 valence electrons. The Morgan fingerprint density at radius 3 is 2.63 bits per heavy atom. The minimum atomic E-state index is -2.99. The Kier molecular flexibility index (Phi) is 7.26. The first-order chi connectivity index (χ1) is 14.4. The van der Waals surface area contributed by atoms with E-state index in [2.05, 4.69) is 10.1 Å². The number of ether oxygens (including phenoxy) is 1. The van der Waals surface area contributed by atoms with E-state index in [0.29, 0.717) is 30.1 Å². The molecule has 0 spiro atoms. The summed E-state index contributed by atoms with van der Waals surface area (Å²) in [6.45, 7) is -2.35. The molecule has 0 aliphatic rings. The predicted molar refractivity (Wildman–Crippen MR) is 108 cm³/mol. The van der Waals surface area contributed by atoms with Gasteiger partial charge in [-0.25, -0.2) is 0 Å². The lowest BCUT2D eigenvalue weighted by atomic mass is 10.2. The van der Waals surface area contributed by atoms with Gasteiger partial charge in [-0.3, -0.25) is 9.69 Å². The third-order valence-electron chi connectivity index (χ3n) is 4.14. The molecule has 6 nitrogen and oxygen atoms in total. The van der Waals surface area contributed by atoms with Crippen LogP contribution in [-0.2, 0) is 17.9 Å². The highest BCUT2D eigenvalue weighted by Crippen LogP contribution is 2.29. The molecule has 0 saturated heterocycles. The Labute approximate surface area is 176 Å². The number of halogens is 3. The summed E-state index contributed by atoms with van der Waals surface area (Å²) in [5, 5.41) is 12.7. The van der Waals surface area contributed by atoms with E-state index in [4.69, 9.17) is 16.0 Å². The molecule has 2 N–H and O–H groups in total. The number of phenols is 1. The van der Waals surface area contributed by atoms with Crippen molar-refractivity contribution in [3.8, 4) is 11.5 Å². The number of phenolic OH excluding ortho intramolecular Hbond substituents is 1. The first-order valence-electron chi connectivity index (χ1n) is 8.96. The molecule has 3 aromatic rings. The molecule has 0 aliphatic heterocycles. The highest BCUT2D eigenvalue weighted by Gasteiger charge is 2.16. The second-order valence-corrected chi connectivity index (χ2v) is 6.83. The maximum Gasteiger partial charge on any atom is 0.387 e. The van der Waals surface area contributed by atoms with Gasteiger partial charge < -0.3 is 19.6 Å². The number of rotatable bonds is 9. The normalized spacial score (nSPS) is 11.1. The van der Waals surface area contributed by atoms with Crippen LogP contribution in [0.3, 0.4) is 0 Å². The number of hydrogen-bond donors (Lipinski definition) is 2. The summed E-state index contributed by atoms with van der Waals surface area (Å²) in [7, 11) is 0. The van der Waals surface area contributed by atoms with E-state index in [1.807, 2.05) is 0 Å². The summed E-state index contributed by atoms with van der Waals surface area (Å²) in [5.74, 6) is 0.262. The Bertz CT molecular complexity index is 983. The number of furan rings is 1. The largest absolute Gasteiger partial charge is 0.508 e. The molecular formula is C21H19ClF2N2O4. The van der Waals surface area contributed by atoms with Crippen molar-refractivity contribution in [3.05, 3.63) is 77.2 Å². The molecule has 0 saturated carbocycles. The van der Waals surface area contributed by atoms with Crippen molar-refractivity contribution in [1.29, 1.82) is 0 Å². The number of anilines is 1. The Morgan fingerprint density at radius 1 is 1.17 bits per heavy atom. The molecule has 2 aromatic carbocycles. The van der Waals surface area contributed by atoms with E-state index >= 15 is 0 Å². The number of para-hydroxylation sites is 1. The Hall–Kier alpha value is -3.10. The second-order valence-electron chi connectivity index (χ2n) is 6.43. The second kappa shape index (κ2) is 10.1. The van der Waals surface area contributed by atoms with Crippen LogP contribution in [0.5, 0.6) is 11.5 Å². The first kappa shape index (κ1) is 21.6. The number of aromatic hydroxyl groups is 1. The van der Waals surface area contributed by atoms with Gasteiger partial charge in [0.05, 0.1) is 24.4 Å². The zero-order valence-electron chi connectivity index (χ0n) is 15.7. The maximum absolute atomic E-state index is 12.6. The highest BCUT2D eigenvalue weighted by atomic mass is 35.5. The van der Waals surface area contributed by atoms with Crippen LogP contribution < -0.4 is 10.1 Å². The fourth-order valence-corrected chi connectivity index (χ4v) is 3.07. The zero-order valence-corrected chi connectivity index (χ0v) is 16.5. The molecule has 30 heavy (non-hydrogen) atoms. The zero-order chi connectivity index (χ0) is 21.5. The third-order valence-corrected chi connectivity index (χ3v) is 4.44. The quantitative estimate of drug-likeness (QED) is 0.500. The average Bonchev–Trinajstić information content (AvgIpc) is 3.18. The van der Waals surface area contributed by atoms with Gasteiger partial charge in [0.2, 0.25) is 5.91 Å². The van der Waals surface area contributed by atoms with Crippen molar-refractivity contribution < 1.29 is 27.8 Å². The van der Waals surface area contributed by atoms with Gasteiger partial charge in [-0.1, -0.05) is 29.8 Å². The van der Waals surface area contributed by atoms with Gasteiger partial charge in [0, 0.05) is 17.8 Å². The number of amides is 1. The van der Waals surface area contributed by atoms with Crippen molar-refractivity contribution in [1.82, 2.24) is 4.90 Å². The predicted octanol–water partition coefficient (Wildman–Crippen LogP) is 4.88. The fourth-order valence-electron chi connectivity index (χ4n) is 2.85. The lowest BCUT2D eigenvalue weighted by molar-refractivity contribution is -0.117. The van der Waals surface area contributed by atoms with E-state index in [-0.39, 0.29) is 29.0 Å². The van der Waals surface area contributed by atoms with Crippen LogP contribution in [0.2, 0.25) is 5.02 Å². The number of nitrogens with zero attached hydrogens (tertiary/aromatic N) is 1. The van der Waals surface area contributed by atoms with Crippen molar-refractivity contribution >= 4 is 23.2 Å². The minimum absolute atomic E-state index is 0.0120. The van der Waals surface area contributed by atoms with Gasteiger partial charge in [0.1, 0.15) is 17.3 Å². The molecule has 1 aromatic heterocycles. The molecule has 0 radical (unpaired) electrons. The average molecular weight is 437 g/mol. The van der Waals surface area contributed by atoms with Crippen LogP contribution in [-0.4, -0.2) is 29.1 Å². The van der Waals surface area contributed by atoms with Gasteiger partial charge in [-0.15, -0.1) is 0 Å². The molecule has 3 rings (SSSR count). The molecule has 0 atom stereocenters. The molecule has 9 heteroatoms. The lowest BCUT2D eigenvalue weighted by Gasteiger charge is -2.21. The van der Waals surface area contributed by atoms with Crippen LogP contribution in [0.4, 0.5) is 14.5 Å². The van der Waals surface area contributed by atoms with Gasteiger partial charge >= 0.3 is 6.61 Å². The Balaban J connectivity index is 1.68. The lowest BCUT2D eigenvalue weighted by Crippen LogP contribution is -2.32. The van der Waals surface area contributed by atoms with Crippen molar-refractivity contribution in [2.75, 3.05) is 11.9 Å². The Morgan fingerprint density at radius 2 is 1.97 bits per heavy atom. The summed E-state index contributed by atoms with van der Waals surface area (Å²) in [4.78, 5) is 14.4. The standard InChI is InChI=1S/C21H19ClF2N2O4/c22-17-10-15(7-8-19(17)30-21(23)24)25-20(28)13-26(12-16-5-3-9-29-16)11-14-4-1-2-6-18(14)27/h1-10,21,27H,11-13H2,(H,25,28). The minimum Gasteiger partial charge on any atom is -0.508 e. The van der Waals surface area contributed by atoms with E-state index in [1.165, 1.54) is 18.2 Å². The number of carbonyl (C=O) groups is 1. The van der Waals surface area contributed by atoms with Crippen molar-refractivity contribution in [2.24, 2.45) is 0 Å². The van der Waals surface area contributed by atoms with Crippen molar-refractivity contribution in [3.63, 3.8) is 0 Å². The third kappa shape index (κ3) is 6.20. The van der Waals surface area contributed by atoms with Gasteiger partial charge in [0.15, 0.2) is 0 Å². The number of benzene rings is 2. The topological polar surface area (TPSA) is 74.9 Å². The van der Waals surface area contributed by atoms with Crippen LogP contribution >= 0.6 is 11.6 Å². The smallest absolute Gasteiger partial charge is 0.387 e. The molecule has 0 unspecified atom stereocenters. The fraction of sp³-hybridized carbons (Fsp3) is 0.190. The van der Waals surface area contributed by atoms with Crippen molar-refractivity contribution in [2.45, 2.75) is 19.7 Å². The summed E-state index contributed by atoms with van der Waals surface area (Å²) in [6.07, 6.45) is 1.54. The first-order valence-corrected chi connectivity index (χ1v) is 9.34. The van der Waals surface area contributed by atoms with Gasteiger partial charge in [0.25, 0.3) is 0 Å². The van der Waals surface area contributed by atoms with E-state index in [0.717, 1.165) is 0 Å². The van der Waals surface area contributed by atoms with Crippen LogP contribution in [0.1, 0.15) is 11.3 Å². The summed E-state index contributed by atoms with van der Waals surface area (Å²) in [6, 6.07) is 14.4. The molecule has 0 bridgehead atoms. The number of hydrogen-bond acceptors (Lipinski definition) is 5. The maximum atomic E-state index is 12.6.